The molecule has 0 spiro atoms. The van der Waals surface area contributed by atoms with Crippen molar-refractivity contribution in [2.24, 2.45) is 0 Å². The summed E-state index contributed by atoms with van der Waals surface area (Å²) >= 11 is 15.0. The monoisotopic (exact) mass is 391 g/mol. The minimum atomic E-state index is 0.239. The molecule has 0 radical (unpaired) electrons. The lowest BCUT2D eigenvalue weighted by Gasteiger charge is -2.14. The van der Waals surface area contributed by atoms with E-state index in [1.807, 2.05) is 11.3 Å². The molecule has 6 heteroatoms. The summed E-state index contributed by atoms with van der Waals surface area (Å²) in [6.45, 7) is 3.07. The minimum Gasteiger partial charge on any atom is -0.305 e. The average Bonchev–Trinajstić information content (AvgIpc) is 3.02. The first-order valence-corrected chi connectivity index (χ1v) is 9.52. The van der Waals surface area contributed by atoms with Crippen LogP contribution in [0.1, 0.15) is 22.7 Å². The zero-order chi connectivity index (χ0) is 13.4. The molecule has 1 atom stereocenters. The van der Waals surface area contributed by atoms with Crippen LogP contribution >= 0.6 is 61.5 Å². The molecule has 100 valence electrons. The van der Waals surface area contributed by atoms with Crippen molar-refractivity contribution >= 4 is 70.9 Å². The summed E-state index contributed by atoms with van der Waals surface area (Å²) < 4.78 is 4.53. The van der Waals surface area contributed by atoms with Crippen molar-refractivity contribution in [2.75, 3.05) is 6.54 Å². The number of halogens is 2. The average molecular weight is 393 g/mol. The van der Waals surface area contributed by atoms with Gasteiger partial charge in [-0.3, -0.25) is 0 Å². The van der Waals surface area contributed by atoms with E-state index < -0.39 is 0 Å². The molecular formula is C13H11BrClNS3. The first-order chi connectivity index (χ1) is 9.19. The smallest absolute Gasteiger partial charge is 0.107 e. The first kappa shape index (κ1) is 14.0. The maximum absolute atomic E-state index is 6.17. The Morgan fingerprint density at radius 1 is 1.26 bits per heavy atom. The standard InChI is InChI=1S/C13H11BrClNS3/c1-2-16-12(10-5-7(14)13(15)19-10)11-6-9-8(18-11)3-4-17-9/h3-6,12,16H,2H2,1H3. The van der Waals surface area contributed by atoms with Gasteiger partial charge in [-0.25, -0.2) is 0 Å². The zero-order valence-corrected chi connectivity index (χ0v) is 14.9. The van der Waals surface area contributed by atoms with Crippen molar-refractivity contribution in [1.82, 2.24) is 5.32 Å². The molecule has 0 bridgehead atoms. The molecule has 3 rings (SSSR count). The Kier molecular flexibility index (Phi) is 4.31. The molecule has 0 aliphatic rings. The van der Waals surface area contributed by atoms with E-state index in [2.05, 4.69) is 51.7 Å². The first-order valence-electron chi connectivity index (χ1n) is 5.84. The predicted octanol–water partition coefficient (Wildman–Crippen LogP) is 6.14. The third-order valence-electron chi connectivity index (χ3n) is 2.80. The molecule has 3 aromatic heterocycles. The van der Waals surface area contributed by atoms with Crippen LogP contribution in [-0.4, -0.2) is 6.54 Å². The second-order valence-electron chi connectivity index (χ2n) is 4.06. The quantitative estimate of drug-likeness (QED) is 0.562. The van der Waals surface area contributed by atoms with E-state index in [1.165, 1.54) is 19.2 Å². The highest BCUT2D eigenvalue weighted by atomic mass is 79.9. The van der Waals surface area contributed by atoms with Crippen LogP contribution in [0, 0.1) is 0 Å². The van der Waals surface area contributed by atoms with Gasteiger partial charge in [-0.2, -0.15) is 0 Å². The van der Waals surface area contributed by atoms with Crippen LogP contribution in [-0.2, 0) is 0 Å². The highest BCUT2D eigenvalue weighted by molar-refractivity contribution is 9.10. The molecule has 3 heterocycles. The van der Waals surface area contributed by atoms with Crippen LogP contribution < -0.4 is 5.32 Å². The molecule has 0 aliphatic heterocycles. The minimum absolute atomic E-state index is 0.239. The SMILES string of the molecule is CCNC(c1cc(Br)c(Cl)s1)c1cc2sccc2s1. The van der Waals surface area contributed by atoms with Crippen molar-refractivity contribution in [1.29, 1.82) is 0 Å². The van der Waals surface area contributed by atoms with Crippen LogP contribution in [0.15, 0.2) is 28.1 Å². The maximum atomic E-state index is 6.17. The molecule has 0 fully saturated rings. The summed E-state index contributed by atoms with van der Waals surface area (Å²) in [7, 11) is 0. The molecule has 1 unspecified atom stereocenters. The summed E-state index contributed by atoms with van der Waals surface area (Å²) in [5.74, 6) is 0. The van der Waals surface area contributed by atoms with E-state index in [0.717, 1.165) is 15.4 Å². The Hall–Kier alpha value is 0.0900. The molecular weight excluding hydrogens is 382 g/mol. The van der Waals surface area contributed by atoms with E-state index in [4.69, 9.17) is 11.6 Å². The van der Waals surface area contributed by atoms with E-state index in [0.29, 0.717) is 0 Å². The van der Waals surface area contributed by atoms with Gasteiger partial charge in [0.15, 0.2) is 0 Å². The second-order valence-corrected chi connectivity index (χ2v) is 8.66. The maximum Gasteiger partial charge on any atom is 0.107 e. The number of rotatable bonds is 4. The fourth-order valence-electron chi connectivity index (χ4n) is 1.98. The van der Waals surface area contributed by atoms with Gasteiger partial charge < -0.3 is 5.32 Å². The van der Waals surface area contributed by atoms with E-state index in [-0.39, 0.29) is 6.04 Å². The van der Waals surface area contributed by atoms with Gasteiger partial charge in [-0.05, 0) is 46.1 Å². The Labute approximate surface area is 137 Å². The number of hydrogen-bond acceptors (Lipinski definition) is 4. The summed E-state index contributed by atoms with van der Waals surface area (Å²) in [5.41, 5.74) is 0. The molecule has 0 saturated carbocycles. The Morgan fingerprint density at radius 3 is 2.68 bits per heavy atom. The van der Waals surface area contributed by atoms with Crippen molar-refractivity contribution in [2.45, 2.75) is 13.0 Å². The lowest BCUT2D eigenvalue weighted by Crippen LogP contribution is -2.20. The fourth-order valence-corrected chi connectivity index (χ4v) is 6.10. The molecule has 0 amide bonds. The fraction of sp³-hybridized carbons (Fsp3) is 0.231. The Morgan fingerprint density at radius 2 is 2.05 bits per heavy atom. The number of fused-ring (bicyclic) bond motifs is 1. The van der Waals surface area contributed by atoms with Crippen molar-refractivity contribution in [3.05, 3.63) is 42.1 Å². The Bertz CT molecular complexity index is 652. The molecule has 0 aliphatic carbocycles. The molecule has 1 nitrogen and oxygen atoms in total. The van der Waals surface area contributed by atoms with E-state index >= 15 is 0 Å². The van der Waals surface area contributed by atoms with Crippen molar-refractivity contribution in [3.8, 4) is 0 Å². The van der Waals surface area contributed by atoms with Gasteiger partial charge >= 0.3 is 0 Å². The second kappa shape index (κ2) is 5.84. The topological polar surface area (TPSA) is 12.0 Å². The van der Waals surface area contributed by atoms with Gasteiger partial charge in [-0.15, -0.1) is 34.0 Å². The van der Waals surface area contributed by atoms with Crippen molar-refractivity contribution < 1.29 is 0 Å². The van der Waals surface area contributed by atoms with Gasteiger partial charge in [0.2, 0.25) is 0 Å². The van der Waals surface area contributed by atoms with Gasteiger partial charge in [0.1, 0.15) is 4.34 Å². The lowest BCUT2D eigenvalue weighted by atomic mass is 10.2. The number of hydrogen-bond donors (Lipinski definition) is 1. The summed E-state index contributed by atoms with van der Waals surface area (Å²) in [5, 5.41) is 5.70. The van der Waals surface area contributed by atoms with Gasteiger partial charge in [0, 0.05) is 23.6 Å². The van der Waals surface area contributed by atoms with Crippen LogP contribution in [0.4, 0.5) is 0 Å². The lowest BCUT2D eigenvalue weighted by molar-refractivity contribution is 0.649. The van der Waals surface area contributed by atoms with Gasteiger partial charge in [0.05, 0.1) is 6.04 Å². The molecule has 0 saturated heterocycles. The highest BCUT2D eigenvalue weighted by Gasteiger charge is 2.19. The molecule has 19 heavy (non-hydrogen) atoms. The number of thiophene rings is 3. The van der Waals surface area contributed by atoms with Crippen LogP contribution in [0.3, 0.4) is 0 Å². The van der Waals surface area contributed by atoms with Crippen molar-refractivity contribution in [3.63, 3.8) is 0 Å². The van der Waals surface area contributed by atoms with Crippen LogP contribution in [0.25, 0.3) is 9.40 Å². The normalized spacial score (nSPS) is 13.2. The molecule has 3 aromatic rings. The van der Waals surface area contributed by atoms with Crippen LogP contribution in [0.2, 0.25) is 4.34 Å². The van der Waals surface area contributed by atoms with E-state index in [9.17, 15) is 0 Å². The summed E-state index contributed by atoms with van der Waals surface area (Å²) in [4.78, 5) is 2.61. The third-order valence-corrected chi connectivity index (χ3v) is 7.50. The molecule has 0 aromatic carbocycles. The summed E-state index contributed by atoms with van der Waals surface area (Å²) in [6.07, 6.45) is 0. The summed E-state index contributed by atoms with van der Waals surface area (Å²) in [6, 6.07) is 6.84. The predicted molar refractivity (Wildman–Crippen MR) is 92.3 cm³/mol. The molecule has 1 N–H and O–H groups in total. The number of nitrogens with one attached hydrogen (secondary N) is 1. The van der Waals surface area contributed by atoms with Crippen LogP contribution in [0.5, 0.6) is 0 Å². The largest absolute Gasteiger partial charge is 0.305 e. The highest BCUT2D eigenvalue weighted by Crippen LogP contribution is 2.41. The van der Waals surface area contributed by atoms with Gasteiger partial charge in [0.25, 0.3) is 0 Å². The van der Waals surface area contributed by atoms with E-state index in [1.54, 1.807) is 22.7 Å². The zero-order valence-electron chi connectivity index (χ0n) is 10.1. The third kappa shape index (κ3) is 2.77. The Balaban J connectivity index is 2.02. The van der Waals surface area contributed by atoms with Gasteiger partial charge in [-0.1, -0.05) is 18.5 Å².